The first-order valence-corrected chi connectivity index (χ1v) is 7.34. The van der Waals surface area contributed by atoms with Gasteiger partial charge in [0.1, 0.15) is 0 Å². The summed E-state index contributed by atoms with van der Waals surface area (Å²) < 4.78 is 0. The highest BCUT2D eigenvalue weighted by Crippen LogP contribution is 2.48. The third kappa shape index (κ3) is 2.46. The van der Waals surface area contributed by atoms with Crippen LogP contribution in [0.2, 0.25) is 0 Å². The van der Waals surface area contributed by atoms with E-state index >= 15 is 0 Å². The van der Waals surface area contributed by atoms with Crippen molar-refractivity contribution in [1.29, 1.82) is 0 Å². The van der Waals surface area contributed by atoms with E-state index in [2.05, 4.69) is 5.32 Å². The van der Waals surface area contributed by atoms with Crippen LogP contribution >= 0.6 is 0 Å². The lowest BCUT2D eigenvalue weighted by atomic mass is 9.82. The number of rotatable bonds is 4. The Morgan fingerprint density at radius 3 is 2.38 bits per heavy atom. The fourth-order valence-corrected chi connectivity index (χ4v) is 3.65. The summed E-state index contributed by atoms with van der Waals surface area (Å²) in [5.41, 5.74) is 1.02. The first kappa shape index (κ1) is 13.9. The zero-order valence-corrected chi connectivity index (χ0v) is 11.9. The van der Waals surface area contributed by atoms with Gasteiger partial charge in [0.2, 0.25) is 5.91 Å². The number of amides is 1. The Labute approximate surface area is 123 Å². The Bertz CT molecular complexity index is 581. The zero-order valence-electron chi connectivity index (χ0n) is 11.9. The highest BCUT2D eigenvalue weighted by atomic mass is 16.4. The first-order chi connectivity index (χ1) is 10.1. The second-order valence-electron chi connectivity index (χ2n) is 5.98. The van der Waals surface area contributed by atoms with Gasteiger partial charge in [-0.1, -0.05) is 42.5 Å². The van der Waals surface area contributed by atoms with Crippen LogP contribution in [0.4, 0.5) is 0 Å². The number of hydrogen-bond acceptors (Lipinski definition) is 2. The molecule has 2 unspecified atom stereocenters. The summed E-state index contributed by atoms with van der Waals surface area (Å²) >= 11 is 0. The molecule has 1 aromatic carbocycles. The van der Waals surface area contributed by atoms with Gasteiger partial charge < -0.3 is 10.4 Å². The molecule has 2 aliphatic carbocycles. The number of aliphatic carboxylic acids is 1. The van der Waals surface area contributed by atoms with Crippen LogP contribution in [0.3, 0.4) is 0 Å². The number of nitrogens with one attached hydrogen (secondary N) is 1. The molecule has 1 saturated carbocycles. The first-order valence-electron chi connectivity index (χ1n) is 7.34. The molecular formula is C17H19NO3. The monoisotopic (exact) mass is 285 g/mol. The van der Waals surface area contributed by atoms with Crippen molar-refractivity contribution in [2.24, 2.45) is 23.7 Å². The Morgan fingerprint density at radius 2 is 1.76 bits per heavy atom. The van der Waals surface area contributed by atoms with Crippen molar-refractivity contribution in [2.45, 2.75) is 19.4 Å². The van der Waals surface area contributed by atoms with Crippen LogP contribution in [-0.4, -0.2) is 17.0 Å². The molecule has 21 heavy (non-hydrogen) atoms. The minimum atomic E-state index is -0.862. The van der Waals surface area contributed by atoms with Gasteiger partial charge in [-0.2, -0.15) is 0 Å². The van der Waals surface area contributed by atoms with Crippen molar-refractivity contribution in [3.63, 3.8) is 0 Å². The fraction of sp³-hybridized carbons (Fsp3) is 0.412. The van der Waals surface area contributed by atoms with Crippen LogP contribution in [0.15, 0.2) is 42.5 Å². The highest BCUT2D eigenvalue weighted by Gasteiger charge is 2.51. The van der Waals surface area contributed by atoms with E-state index in [4.69, 9.17) is 0 Å². The van der Waals surface area contributed by atoms with Crippen molar-refractivity contribution < 1.29 is 14.7 Å². The van der Waals surface area contributed by atoms with Crippen molar-refractivity contribution in [2.75, 3.05) is 0 Å². The number of carboxylic acids is 1. The third-order valence-corrected chi connectivity index (χ3v) is 4.71. The lowest BCUT2D eigenvalue weighted by Crippen LogP contribution is -2.41. The maximum atomic E-state index is 12.5. The van der Waals surface area contributed by atoms with Crippen LogP contribution in [0, 0.1) is 23.7 Å². The minimum absolute atomic E-state index is 0.00952. The van der Waals surface area contributed by atoms with E-state index in [1.807, 2.05) is 49.4 Å². The SMILES string of the molecule is C[C@H](NC(=O)[C@H]1C2C=CC(C2)[C@H]1C(=O)O)c1ccccc1. The van der Waals surface area contributed by atoms with Crippen LogP contribution in [0.5, 0.6) is 0 Å². The van der Waals surface area contributed by atoms with Crippen molar-refractivity contribution in [3.05, 3.63) is 48.0 Å². The summed E-state index contributed by atoms with van der Waals surface area (Å²) in [6.07, 6.45) is 4.74. The van der Waals surface area contributed by atoms with Gasteiger partial charge in [0.05, 0.1) is 17.9 Å². The van der Waals surface area contributed by atoms with Crippen LogP contribution < -0.4 is 5.32 Å². The molecule has 0 aromatic heterocycles. The second-order valence-corrected chi connectivity index (χ2v) is 5.98. The number of fused-ring (bicyclic) bond motifs is 2. The highest BCUT2D eigenvalue weighted by molar-refractivity contribution is 5.87. The van der Waals surface area contributed by atoms with Gasteiger partial charge in [-0.25, -0.2) is 0 Å². The van der Waals surface area contributed by atoms with E-state index in [1.165, 1.54) is 0 Å². The molecule has 2 N–H and O–H groups in total. The van der Waals surface area contributed by atoms with Gasteiger partial charge in [0, 0.05) is 0 Å². The fourth-order valence-electron chi connectivity index (χ4n) is 3.65. The number of carbonyl (C=O) groups is 2. The standard InChI is InChI=1S/C17H19NO3/c1-10(11-5-3-2-4-6-11)18-16(19)14-12-7-8-13(9-12)15(14)17(20)21/h2-8,10,12-15H,9H2,1H3,(H,18,19)(H,20,21)/t10-,12?,13?,14-,15+/m0/s1. The molecule has 4 nitrogen and oxygen atoms in total. The predicted molar refractivity (Wildman–Crippen MR) is 78.4 cm³/mol. The molecule has 0 spiro atoms. The van der Waals surface area contributed by atoms with Crippen molar-refractivity contribution in [1.82, 2.24) is 5.32 Å². The molecule has 4 heteroatoms. The molecule has 0 radical (unpaired) electrons. The van der Waals surface area contributed by atoms with Gasteiger partial charge in [-0.15, -0.1) is 0 Å². The molecule has 0 aliphatic heterocycles. The Morgan fingerprint density at radius 1 is 1.14 bits per heavy atom. The number of benzene rings is 1. The average Bonchev–Trinajstić information content (AvgIpc) is 3.08. The number of carboxylic acid groups (broad SMARTS) is 1. The summed E-state index contributed by atoms with van der Waals surface area (Å²) in [6, 6.07) is 9.59. The molecule has 2 bridgehead atoms. The van der Waals surface area contributed by atoms with Crippen molar-refractivity contribution >= 4 is 11.9 Å². The van der Waals surface area contributed by atoms with Gasteiger partial charge in [-0.05, 0) is 30.7 Å². The Balaban J connectivity index is 1.73. The molecule has 3 rings (SSSR count). The van der Waals surface area contributed by atoms with Crippen LogP contribution in [0.1, 0.15) is 24.9 Å². The molecule has 0 saturated heterocycles. The van der Waals surface area contributed by atoms with Crippen LogP contribution in [0.25, 0.3) is 0 Å². The molecule has 0 heterocycles. The second kappa shape index (κ2) is 5.35. The van der Waals surface area contributed by atoms with Gasteiger partial charge in [0.25, 0.3) is 0 Å². The maximum absolute atomic E-state index is 12.5. The van der Waals surface area contributed by atoms with E-state index in [0.717, 1.165) is 12.0 Å². The Hall–Kier alpha value is -2.10. The molecule has 2 aliphatic rings. The number of hydrogen-bond donors (Lipinski definition) is 2. The average molecular weight is 285 g/mol. The number of carbonyl (C=O) groups excluding carboxylic acids is 1. The normalized spacial score (nSPS) is 31.1. The predicted octanol–water partition coefficient (Wildman–Crippen LogP) is 2.39. The van der Waals surface area contributed by atoms with Crippen molar-refractivity contribution in [3.8, 4) is 0 Å². The minimum Gasteiger partial charge on any atom is -0.481 e. The smallest absolute Gasteiger partial charge is 0.307 e. The number of allylic oxidation sites excluding steroid dienone is 2. The van der Waals surface area contributed by atoms with Gasteiger partial charge in [0.15, 0.2) is 0 Å². The lowest BCUT2D eigenvalue weighted by Gasteiger charge is -2.25. The van der Waals surface area contributed by atoms with Gasteiger partial charge >= 0.3 is 5.97 Å². The largest absolute Gasteiger partial charge is 0.481 e. The van der Waals surface area contributed by atoms with E-state index in [1.54, 1.807) is 0 Å². The van der Waals surface area contributed by atoms with E-state index in [9.17, 15) is 14.7 Å². The quantitative estimate of drug-likeness (QED) is 0.835. The topological polar surface area (TPSA) is 66.4 Å². The lowest BCUT2D eigenvalue weighted by molar-refractivity contribution is -0.148. The zero-order chi connectivity index (χ0) is 15.0. The Kier molecular flexibility index (Phi) is 3.53. The summed E-state index contributed by atoms with van der Waals surface area (Å²) in [5, 5.41) is 12.4. The maximum Gasteiger partial charge on any atom is 0.307 e. The molecular weight excluding hydrogens is 266 g/mol. The van der Waals surface area contributed by atoms with E-state index in [0.29, 0.717) is 0 Å². The van der Waals surface area contributed by atoms with Gasteiger partial charge in [-0.3, -0.25) is 9.59 Å². The third-order valence-electron chi connectivity index (χ3n) is 4.71. The summed E-state index contributed by atoms with van der Waals surface area (Å²) in [7, 11) is 0. The molecule has 1 amide bonds. The van der Waals surface area contributed by atoms with E-state index < -0.39 is 17.8 Å². The molecule has 1 aromatic rings. The summed E-state index contributed by atoms with van der Waals surface area (Å²) in [5.74, 6) is -1.95. The molecule has 110 valence electrons. The van der Waals surface area contributed by atoms with E-state index in [-0.39, 0.29) is 23.8 Å². The molecule has 5 atom stereocenters. The van der Waals surface area contributed by atoms with Crippen LogP contribution in [-0.2, 0) is 9.59 Å². The molecule has 1 fully saturated rings. The summed E-state index contributed by atoms with van der Waals surface area (Å²) in [6.45, 7) is 1.92. The summed E-state index contributed by atoms with van der Waals surface area (Å²) in [4.78, 5) is 24.0.